The second-order valence-corrected chi connectivity index (χ2v) is 7.63. The number of halogens is 4. The van der Waals surface area contributed by atoms with E-state index in [1.54, 1.807) is 24.3 Å². The molecule has 0 aliphatic rings. The summed E-state index contributed by atoms with van der Waals surface area (Å²) in [4.78, 5) is 16.3. The quantitative estimate of drug-likeness (QED) is 0.536. The molecule has 0 spiro atoms. The Morgan fingerprint density at radius 2 is 1.85 bits per heavy atom. The van der Waals surface area contributed by atoms with Gasteiger partial charge in [0.25, 0.3) is 0 Å². The fourth-order valence-corrected chi connectivity index (χ4v) is 3.80. The standard InChI is InChI=1S/C17H11ClF3N3OS2/c18-12-7-3-1-5-10(12)15-23-16(27-24-15)26-9-14(25)22-13-8-4-2-6-11(13)17(19,20)21/h1-8H,9H2,(H,22,25). The third kappa shape index (κ3) is 5.00. The molecule has 1 heterocycles. The van der Waals surface area contributed by atoms with E-state index in [0.717, 1.165) is 29.4 Å². The molecular weight excluding hydrogens is 419 g/mol. The molecule has 2 aromatic carbocycles. The van der Waals surface area contributed by atoms with Gasteiger partial charge in [-0.3, -0.25) is 4.79 Å². The predicted molar refractivity (Wildman–Crippen MR) is 101 cm³/mol. The summed E-state index contributed by atoms with van der Waals surface area (Å²) >= 11 is 8.28. The number of amides is 1. The van der Waals surface area contributed by atoms with Crippen LogP contribution in [-0.4, -0.2) is 21.0 Å². The summed E-state index contributed by atoms with van der Waals surface area (Å²) in [7, 11) is 0. The van der Waals surface area contributed by atoms with Crippen LogP contribution in [-0.2, 0) is 11.0 Å². The molecule has 10 heteroatoms. The molecule has 4 nitrogen and oxygen atoms in total. The van der Waals surface area contributed by atoms with Crippen molar-refractivity contribution in [1.29, 1.82) is 0 Å². The van der Waals surface area contributed by atoms with Gasteiger partial charge < -0.3 is 5.32 Å². The first-order chi connectivity index (χ1) is 12.8. The van der Waals surface area contributed by atoms with E-state index in [-0.39, 0.29) is 11.4 Å². The van der Waals surface area contributed by atoms with E-state index >= 15 is 0 Å². The molecular formula is C17H11ClF3N3OS2. The van der Waals surface area contributed by atoms with E-state index in [2.05, 4.69) is 14.7 Å². The van der Waals surface area contributed by atoms with E-state index < -0.39 is 17.6 Å². The summed E-state index contributed by atoms with van der Waals surface area (Å²) < 4.78 is 43.6. The molecule has 0 saturated carbocycles. The minimum Gasteiger partial charge on any atom is -0.325 e. The fourth-order valence-electron chi connectivity index (χ4n) is 2.17. The normalized spacial score (nSPS) is 11.4. The first-order valence-electron chi connectivity index (χ1n) is 7.52. The number of benzene rings is 2. The van der Waals surface area contributed by atoms with Gasteiger partial charge in [-0.1, -0.05) is 47.6 Å². The van der Waals surface area contributed by atoms with E-state index in [1.807, 2.05) is 0 Å². The van der Waals surface area contributed by atoms with Gasteiger partial charge in [-0.2, -0.15) is 17.5 Å². The van der Waals surface area contributed by atoms with Gasteiger partial charge in [-0.25, -0.2) is 4.98 Å². The van der Waals surface area contributed by atoms with Crippen molar-refractivity contribution in [3.05, 3.63) is 59.1 Å². The maximum Gasteiger partial charge on any atom is 0.418 e. The van der Waals surface area contributed by atoms with Gasteiger partial charge in [0.05, 0.1) is 22.0 Å². The minimum atomic E-state index is -4.54. The van der Waals surface area contributed by atoms with Crippen LogP contribution in [0.3, 0.4) is 0 Å². The average molecular weight is 430 g/mol. The van der Waals surface area contributed by atoms with Gasteiger partial charge in [0.1, 0.15) is 0 Å². The number of anilines is 1. The summed E-state index contributed by atoms with van der Waals surface area (Å²) in [6.07, 6.45) is -4.54. The molecule has 1 N–H and O–H groups in total. The van der Waals surface area contributed by atoms with Gasteiger partial charge in [0, 0.05) is 5.56 Å². The number of nitrogens with zero attached hydrogens (tertiary/aromatic N) is 2. The second kappa shape index (κ2) is 8.28. The van der Waals surface area contributed by atoms with Crippen molar-refractivity contribution in [2.75, 3.05) is 11.1 Å². The van der Waals surface area contributed by atoms with Crippen LogP contribution in [0.1, 0.15) is 5.56 Å². The highest BCUT2D eigenvalue weighted by Gasteiger charge is 2.33. The first kappa shape index (κ1) is 19.7. The third-order valence-electron chi connectivity index (χ3n) is 3.36. The number of nitrogens with one attached hydrogen (secondary N) is 1. The zero-order chi connectivity index (χ0) is 19.4. The van der Waals surface area contributed by atoms with Crippen LogP contribution in [0.2, 0.25) is 5.02 Å². The lowest BCUT2D eigenvalue weighted by molar-refractivity contribution is -0.137. The Labute approximate surface area is 165 Å². The Bertz CT molecular complexity index is 962. The summed E-state index contributed by atoms with van der Waals surface area (Å²) in [6, 6.07) is 11.9. The SMILES string of the molecule is O=C(CSc1nc(-c2ccccc2Cl)ns1)Nc1ccccc1C(F)(F)F. The maximum atomic E-state index is 13.0. The van der Waals surface area contributed by atoms with Crippen molar-refractivity contribution in [2.24, 2.45) is 0 Å². The summed E-state index contributed by atoms with van der Waals surface area (Å²) in [5.74, 6) is -0.217. The Morgan fingerprint density at radius 1 is 1.15 bits per heavy atom. The highest BCUT2D eigenvalue weighted by molar-refractivity contribution is 8.01. The molecule has 3 rings (SSSR count). The van der Waals surface area contributed by atoms with Crippen LogP contribution in [0.5, 0.6) is 0 Å². The second-order valence-electron chi connectivity index (χ2n) is 5.24. The fraction of sp³-hybridized carbons (Fsp3) is 0.118. The van der Waals surface area contributed by atoms with Crippen molar-refractivity contribution >= 4 is 46.5 Å². The molecule has 0 unspecified atom stereocenters. The number of rotatable bonds is 5. The molecule has 0 saturated heterocycles. The number of hydrogen-bond acceptors (Lipinski definition) is 5. The summed E-state index contributed by atoms with van der Waals surface area (Å²) in [5, 5.41) is 2.80. The van der Waals surface area contributed by atoms with Crippen LogP contribution in [0.25, 0.3) is 11.4 Å². The molecule has 140 valence electrons. The molecule has 0 atom stereocenters. The van der Waals surface area contributed by atoms with Crippen molar-refractivity contribution in [3.8, 4) is 11.4 Å². The van der Waals surface area contributed by atoms with Crippen LogP contribution < -0.4 is 5.32 Å². The lowest BCUT2D eigenvalue weighted by Crippen LogP contribution is -2.18. The molecule has 0 radical (unpaired) electrons. The van der Waals surface area contributed by atoms with E-state index in [1.165, 1.54) is 18.2 Å². The van der Waals surface area contributed by atoms with Crippen LogP contribution in [0, 0.1) is 0 Å². The molecule has 0 aliphatic heterocycles. The Balaban J connectivity index is 1.64. The zero-order valence-corrected chi connectivity index (χ0v) is 15.8. The minimum absolute atomic E-state index is 0.0939. The number of thioether (sulfide) groups is 1. The number of hydrogen-bond donors (Lipinski definition) is 1. The number of aromatic nitrogens is 2. The smallest absolute Gasteiger partial charge is 0.325 e. The van der Waals surface area contributed by atoms with Crippen LogP contribution in [0.15, 0.2) is 52.9 Å². The highest BCUT2D eigenvalue weighted by Crippen LogP contribution is 2.35. The number of para-hydroxylation sites is 1. The van der Waals surface area contributed by atoms with Gasteiger partial charge in [0.2, 0.25) is 5.91 Å². The maximum absolute atomic E-state index is 13.0. The van der Waals surface area contributed by atoms with Crippen molar-refractivity contribution < 1.29 is 18.0 Å². The Morgan fingerprint density at radius 3 is 2.59 bits per heavy atom. The van der Waals surface area contributed by atoms with E-state index in [0.29, 0.717) is 20.8 Å². The average Bonchev–Trinajstić information content (AvgIpc) is 3.09. The first-order valence-corrected chi connectivity index (χ1v) is 9.66. The van der Waals surface area contributed by atoms with Crippen molar-refractivity contribution in [2.45, 2.75) is 10.5 Å². The molecule has 1 aromatic heterocycles. The topological polar surface area (TPSA) is 54.9 Å². The van der Waals surface area contributed by atoms with Crippen LogP contribution >= 0.6 is 34.9 Å². The zero-order valence-electron chi connectivity index (χ0n) is 13.5. The van der Waals surface area contributed by atoms with Crippen LogP contribution in [0.4, 0.5) is 18.9 Å². The lowest BCUT2D eigenvalue weighted by atomic mass is 10.1. The largest absolute Gasteiger partial charge is 0.418 e. The van der Waals surface area contributed by atoms with E-state index in [4.69, 9.17) is 11.6 Å². The molecule has 0 fully saturated rings. The van der Waals surface area contributed by atoms with Gasteiger partial charge in [-0.15, -0.1) is 0 Å². The lowest BCUT2D eigenvalue weighted by Gasteiger charge is -2.13. The van der Waals surface area contributed by atoms with Gasteiger partial charge in [0.15, 0.2) is 10.2 Å². The molecule has 0 aliphatic carbocycles. The number of carbonyl (C=O) groups is 1. The number of carbonyl (C=O) groups excluding carboxylic acids is 1. The monoisotopic (exact) mass is 429 g/mol. The van der Waals surface area contributed by atoms with Crippen molar-refractivity contribution in [3.63, 3.8) is 0 Å². The number of alkyl halides is 3. The Kier molecular flexibility index (Phi) is 6.03. The molecule has 1 amide bonds. The van der Waals surface area contributed by atoms with Gasteiger partial charge >= 0.3 is 6.18 Å². The molecule has 3 aromatic rings. The third-order valence-corrected chi connectivity index (χ3v) is 5.52. The Hall–Kier alpha value is -2.10. The molecule has 27 heavy (non-hydrogen) atoms. The van der Waals surface area contributed by atoms with Crippen molar-refractivity contribution in [1.82, 2.24) is 9.36 Å². The highest BCUT2D eigenvalue weighted by atomic mass is 35.5. The predicted octanol–water partition coefficient (Wildman–Crippen LogP) is 5.61. The molecule has 0 bridgehead atoms. The van der Waals surface area contributed by atoms with Gasteiger partial charge in [-0.05, 0) is 35.8 Å². The van der Waals surface area contributed by atoms with E-state index in [9.17, 15) is 18.0 Å². The summed E-state index contributed by atoms with van der Waals surface area (Å²) in [6.45, 7) is 0. The summed E-state index contributed by atoms with van der Waals surface area (Å²) in [5.41, 5.74) is -0.490.